The Kier molecular flexibility index (Phi) is 3.89. The van der Waals surface area contributed by atoms with Crippen molar-refractivity contribution in [1.29, 1.82) is 0 Å². The zero-order chi connectivity index (χ0) is 16.0. The summed E-state index contributed by atoms with van der Waals surface area (Å²) in [6, 6.07) is 6.21. The maximum Gasteiger partial charge on any atom is 0.275 e. The van der Waals surface area contributed by atoms with E-state index in [1.807, 2.05) is 23.1 Å². The van der Waals surface area contributed by atoms with Gasteiger partial charge in [0.1, 0.15) is 0 Å². The van der Waals surface area contributed by atoms with Gasteiger partial charge in [-0.05, 0) is 57.0 Å². The van der Waals surface area contributed by atoms with E-state index in [0.29, 0.717) is 17.7 Å². The standard InChI is InChI=1S/C17H21BrN4O/c1-2-22(15-10-21-7-5-11(15)6-8-21)17(23)16-13-4-3-12(18)9-14(13)19-20-16/h3-4,9,11,15H,2,5-8,10H2,1H3,(H,19,20)/t15-/m1/s1. The van der Waals surface area contributed by atoms with E-state index >= 15 is 0 Å². The molecule has 0 saturated carbocycles. The molecule has 2 aromatic rings. The second-order valence-corrected chi connectivity index (χ2v) is 7.47. The first-order valence-electron chi connectivity index (χ1n) is 8.34. The second kappa shape index (κ2) is 5.91. The van der Waals surface area contributed by atoms with Crippen LogP contribution in [0.3, 0.4) is 0 Å². The fourth-order valence-electron chi connectivity index (χ4n) is 4.11. The molecule has 5 rings (SSSR count). The quantitative estimate of drug-likeness (QED) is 0.895. The molecule has 1 aromatic carbocycles. The molecular formula is C17H21BrN4O. The Labute approximate surface area is 144 Å². The number of hydrogen-bond acceptors (Lipinski definition) is 3. The van der Waals surface area contributed by atoms with Crippen LogP contribution in [0.4, 0.5) is 0 Å². The second-order valence-electron chi connectivity index (χ2n) is 6.56. The van der Waals surface area contributed by atoms with E-state index in [4.69, 9.17) is 0 Å². The van der Waals surface area contributed by atoms with Gasteiger partial charge in [-0.15, -0.1) is 0 Å². The van der Waals surface area contributed by atoms with Crippen molar-refractivity contribution in [3.8, 4) is 0 Å². The number of benzene rings is 1. The normalized spacial score (nSPS) is 26.6. The van der Waals surface area contributed by atoms with Crippen molar-refractivity contribution in [2.24, 2.45) is 5.92 Å². The minimum Gasteiger partial charge on any atom is -0.333 e. The van der Waals surface area contributed by atoms with Crippen LogP contribution < -0.4 is 0 Å². The first kappa shape index (κ1) is 15.1. The third-order valence-electron chi connectivity index (χ3n) is 5.35. The summed E-state index contributed by atoms with van der Waals surface area (Å²) in [6.45, 7) is 6.19. The highest BCUT2D eigenvalue weighted by atomic mass is 79.9. The van der Waals surface area contributed by atoms with Gasteiger partial charge in [0, 0.05) is 29.0 Å². The molecule has 0 aliphatic carbocycles. The molecular weight excluding hydrogens is 356 g/mol. The number of carbonyl (C=O) groups is 1. The topological polar surface area (TPSA) is 52.2 Å². The number of likely N-dealkylation sites (N-methyl/N-ethyl adjacent to an activating group) is 1. The molecule has 6 heteroatoms. The molecule has 1 atom stereocenters. The highest BCUT2D eigenvalue weighted by Gasteiger charge is 2.39. The third-order valence-corrected chi connectivity index (χ3v) is 5.84. The van der Waals surface area contributed by atoms with Gasteiger partial charge in [0.2, 0.25) is 0 Å². The fraction of sp³-hybridized carbons (Fsp3) is 0.529. The summed E-state index contributed by atoms with van der Waals surface area (Å²) >= 11 is 3.46. The van der Waals surface area contributed by atoms with Gasteiger partial charge in [-0.25, -0.2) is 0 Å². The number of H-pyrrole nitrogens is 1. The maximum absolute atomic E-state index is 13.1. The summed E-state index contributed by atoms with van der Waals surface area (Å²) in [7, 11) is 0. The van der Waals surface area contributed by atoms with Crippen LogP contribution in [0.25, 0.3) is 10.9 Å². The molecule has 3 aliphatic heterocycles. The maximum atomic E-state index is 13.1. The molecule has 3 fully saturated rings. The van der Waals surface area contributed by atoms with Crippen molar-refractivity contribution < 1.29 is 4.79 Å². The van der Waals surface area contributed by atoms with Crippen molar-refractivity contribution in [3.05, 3.63) is 28.4 Å². The van der Waals surface area contributed by atoms with Crippen LogP contribution in [0, 0.1) is 5.92 Å². The number of piperidine rings is 3. The average Bonchev–Trinajstić information content (AvgIpc) is 2.99. The van der Waals surface area contributed by atoms with Gasteiger partial charge in [-0.3, -0.25) is 9.89 Å². The first-order chi connectivity index (χ1) is 11.2. The van der Waals surface area contributed by atoms with Gasteiger partial charge >= 0.3 is 0 Å². The molecule has 1 aromatic heterocycles. The summed E-state index contributed by atoms with van der Waals surface area (Å²) in [5, 5.41) is 8.20. The number of rotatable bonds is 3. The average molecular weight is 377 g/mol. The number of halogens is 1. The van der Waals surface area contributed by atoms with Gasteiger partial charge in [-0.2, -0.15) is 5.10 Å². The van der Waals surface area contributed by atoms with Crippen LogP contribution in [0.2, 0.25) is 0 Å². The highest BCUT2D eigenvalue weighted by Crippen LogP contribution is 2.32. The number of amides is 1. The molecule has 5 nitrogen and oxygen atoms in total. The highest BCUT2D eigenvalue weighted by molar-refractivity contribution is 9.10. The van der Waals surface area contributed by atoms with E-state index in [1.165, 1.54) is 25.9 Å². The summed E-state index contributed by atoms with van der Waals surface area (Å²) in [4.78, 5) is 17.6. The first-order valence-corrected chi connectivity index (χ1v) is 9.13. The summed E-state index contributed by atoms with van der Waals surface area (Å²) in [5.74, 6) is 0.697. The molecule has 23 heavy (non-hydrogen) atoms. The van der Waals surface area contributed by atoms with Crippen LogP contribution in [0.5, 0.6) is 0 Å². The Bertz CT molecular complexity index is 735. The summed E-state index contributed by atoms with van der Waals surface area (Å²) < 4.78 is 0.984. The van der Waals surface area contributed by atoms with Crippen molar-refractivity contribution in [3.63, 3.8) is 0 Å². The molecule has 3 saturated heterocycles. The lowest BCUT2D eigenvalue weighted by atomic mass is 9.83. The largest absolute Gasteiger partial charge is 0.333 e. The van der Waals surface area contributed by atoms with Crippen molar-refractivity contribution in [2.45, 2.75) is 25.8 Å². The lowest BCUT2D eigenvalue weighted by Crippen LogP contribution is -2.58. The molecule has 0 unspecified atom stereocenters. The number of nitrogens with zero attached hydrogens (tertiary/aromatic N) is 3. The van der Waals surface area contributed by atoms with E-state index in [2.05, 4.69) is 38.0 Å². The molecule has 0 spiro atoms. The monoisotopic (exact) mass is 376 g/mol. The van der Waals surface area contributed by atoms with Gasteiger partial charge < -0.3 is 9.80 Å². The Balaban J connectivity index is 1.65. The Morgan fingerprint density at radius 2 is 2.22 bits per heavy atom. The van der Waals surface area contributed by atoms with Crippen LogP contribution in [0.15, 0.2) is 22.7 Å². The number of nitrogens with one attached hydrogen (secondary N) is 1. The van der Waals surface area contributed by atoms with E-state index < -0.39 is 0 Å². The number of aromatic amines is 1. The molecule has 122 valence electrons. The summed E-state index contributed by atoms with van der Waals surface area (Å²) in [6.07, 6.45) is 2.42. The molecule has 0 radical (unpaired) electrons. The molecule has 3 aliphatic rings. The van der Waals surface area contributed by atoms with Crippen molar-refractivity contribution in [1.82, 2.24) is 20.0 Å². The lowest BCUT2D eigenvalue weighted by Gasteiger charge is -2.48. The van der Waals surface area contributed by atoms with Crippen molar-refractivity contribution in [2.75, 3.05) is 26.2 Å². The molecule has 4 heterocycles. The lowest BCUT2D eigenvalue weighted by molar-refractivity contribution is 0.00901. The molecule has 2 bridgehead atoms. The number of fused-ring (bicyclic) bond motifs is 4. The molecule has 1 N–H and O–H groups in total. The van der Waals surface area contributed by atoms with Crippen molar-refractivity contribution >= 4 is 32.7 Å². The number of aromatic nitrogens is 2. The number of hydrogen-bond donors (Lipinski definition) is 1. The van der Waals surface area contributed by atoms with E-state index in [1.54, 1.807) is 0 Å². The zero-order valence-electron chi connectivity index (χ0n) is 13.3. The minimum atomic E-state index is 0.0554. The zero-order valence-corrected chi connectivity index (χ0v) is 14.8. The van der Waals surface area contributed by atoms with E-state index in [9.17, 15) is 4.79 Å². The summed E-state index contributed by atoms with van der Waals surface area (Å²) in [5.41, 5.74) is 1.44. The van der Waals surface area contributed by atoms with Gasteiger partial charge in [0.15, 0.2) is 5.69 Å². The van der Waals surface area contributed by atoms with Gasteiger partial charge in [0.25, 0.3) is 5.91 Å². The molecule has 1 amide bonds. The SMILES string of the molecule is CCN(C(=O)c1n[nH]c2cc(Br)ccc12)[C@@H]1CN2CCC1CC2. The number of carbonyl (C=O) groups excluding carboxylic acids is 1. The fourth-order valence-corrected chi connectivity index (χ4v) is 4.47. The third kappa shape index (κ3) is 2.58. The van der Waals surface area contributed by atoms with Crippen LogP contribution in [-0.4, -0.2) is 58.1 Å². The van der Waals surface area contributed by atoms with Gasteiger partial charge in [-0.1, -0.05) is 15.9 Å². The smallest absolute Gasteiger partial charge is 0.275 e. The van der Waals surface area contributed by atoms with E-state index in [0.717, 1.165) is 28.5 Å². The van der Waals surface area contributed by atoms with Crippen LogP contribution in [-0.2, 0) is 0 Å². The Morgan fingerprint density at radius 1 is 1.43 bits per heavy atom. The van der Waals surface area contributed by atoms with Crippen LogP contribution in [0.1, 0.15) is 30.3 Å². The predicted molar refractivity (Wildman–Crippen MR) is 93.5 cm³/mol. The van der Waals surface area contributed by atoms with Crippen LogP contribution >= 0.6 is 15.9 Å². The van der Waals surface area contributed by atoms with Gasteiger partial charge in [0.05, 0.1) is 5.52 Å². The predicted octanol–water partition coefficient (Wildman–Crippen LogP) is 2.88. The Hall–Kier alpha value is -1.40. The minimum absolute atomic E-state index is 0.0554. The Morgan fingerprint density at radius 3 is 2.87 bits per heavy atom. The van der Waals surface area contributed by atoms with E-state index in [-0.39, 0.29) is 5.91 Å².